The van der Waals surface area contributed by atoms with Gasteiger partial charge in [0.05, 0.1) is 12.5 Å². The van der Waals surface area contributed by atoms with E-state index in [1.165, 1.54) is 16.3 Å². The average molecular weight is 250 g/mol. The van der Waals surface area contributed by atoms with Crippen molar-refractivity contribution in [2.24, 2.45) is 5.92 Å². The van der Waals surface area contributed by atoms with Crippen LogP contribution in [0.2, 0.25) is 0 Å². The Morgan fingerprint density at radius 1 is 1.21 bits per heavy atom. The molecule has 0 bridgehead atoms. The number of benzene rings is 2. The Labute approximate surface area is 114 Å². The number of terminal acetylenes is 1. The van der Waals surface area contributed by atoms with Crippen LogP contribution in [0.3, 0.4) is 0 Å². The Morgan fingerprint density at radius 3 is 2.68 bits per heavy atom. The summed E-state index contributed by atoms with van der Waals surface area (Å²) < 4.78 is 0. The van der Waals surface area contributed by atoms with E-state index in [-0.39, 0.29) is 18.4 Å². The fourth-order valence-corrected chi connectivity index (χ4v) is 2.43. The van der Waals surface area contributed by atoms with Gasteiger partial charge in [-0.25, -0.2) is 0 Å². The zero-order valence-corrected chi connectivity index (χ0v) is 11.1. The standard InChI is InChI=1S/C18H18O/c1-3-16(14(2)8-7-13-19)18-12-6-10-15-9-4-5-11-17(15)18/h1,4-12,14,16,19H,13H2,2H3/b8-7+. The Hall–Kier alpha value is -2.04. The lowest BCUT2D eigenvalue weighted by atomic mass is 9.85. The van der Waals surface area contributed by atoms with Crippen LogP contribution in [-0.4, -0.2) is 11.7 Å². The topological polar surface area (TPSA) is 20.2 Å². The zero-order valence-electron chi connectivity index (χ0n) is 11.1. The molecule has 2 aromatic carbocycles. The third kappa shape index (κ3) is 2.86. The van der Waals surface area contributed by atoms with Crippen LogP contribution >= 0.6 is 0 Å². The summed E-state index contributed by atoms with van der Waals surface area (Å²) in [4.78, 5) is 0. The summed E-state index contributed by atoms with van der Waals surface area (Å²) in [6.07, 6.45) is 9.45. The molecule has 1 heteroatoms. The number of hydrogen-bond donors (Lipinski definition) is 1. The molecule has 0 spiro atoms. The molecule has 0 radical (unpaired) electrons. The number of hydrogen-bond acceptors (Lipinski definition) is 1. The van der Waals surface area contributed by atoms with Gasteiger partial charge < -0.3 is 5.11 Å². The molecule has 19 heavy (non-hydrogen) atoms. The number of aliphatic hydroxyl groups excluding tert-OH is 1. The first-order chi connectivity index (χ1) is 9.27. The highest BCUT2D eigenvalue weighted by Crippen LogP contribution is 2.31. The molecule has 2 rings (SSSR count). The smallest absolute Gasteiger partial charge is 0.0612 e. The van der Waals surface area contributed by atoms with Crippen LogP contribution < -0.4 is 0 Å². The molecule has 0 heterocycles. The first kappa shape index (κ1) is 13.4. The summed E-state index contributed by atoms with van der Waals surface area (Å²) in [6, 6.07) is 14.5. The molecule has 0 fully saturated rings. The summed E-state index contributed by atoms with van der Waals surface area (Å²) >= 11 is 0. The second kappa shape index (κ2) is 6.22. The molecular formula is C18H18O. The second-order valence-electron chi connectivity index (χ2n) is 4.68. The second-order valence-corrected chi connectivity index (χ2v) is 4.68. The zero-order chi connectivity index (χ0) is 13.7. The van der Waals surface area contributed by atoms with Gasteiger partial charge in [0.15, 0.2) is 0 Å². The van der Waals surface area contributed by atoms with E-state index >= 15 is 0 Å². The van der Waals surface area contributed by atoms with E-state index < -0.39 is 0 Å². The first-order valence-electron chi connectivity index (χ1n) is 6.49. The first-order valence-corrected chi connectivity index (χ1v) is 6.49. The number of aliphatic hydroxyl groups is 1. The number of fused-ring (bicyclic) bond motifs is 1. The lowest BCUT2D eigenvalue weighted by Crippen LogP contribution is -2.06. The summed E-state index contributed by atoms with van der Waals surface area (Å²) in [6.45, 7) is 2.13. The summed E-state index contributed by atoms with van der Waals surface area (Å²) in [5.41, 5.74) is 1.18. The Morgan fingerprint density at radius 2 is 1.95 bits per heavy atom. The summed E-state index contributed by atoms with van der Waals surface area (Å²) in [5, 5.41) is 11.3. The normalized spacial score (nSPS) is 14.4. The average Bonchev–Trinajstić information content (AvgIpc) is 2.46. The van der Waals surface area contributed by atoms with Gasteiger partial charge >= 0.3 is 0 Å². The quantitative estimate of drug-likeness (QED) is 0.647. The minimum absolute atomic E-state index is 0.0221. The minimum Gasteiger partial charge on any atom is -0.392 e. The van der Waals surface area contributed by atoms with E-state index in [0.29, 0.717) is 0 Å². The van der Waals surface area contributed by atoms with Gasteiger partial charge in [-0.05, 0) is 22.3 Å². The highest BCUT2D eigenvalue weighted by Gasteiger charge is 2.16. The lowest BCUT2D eigenvalue weighted by Gasteiger charge is -2.18. The summed E-state index contributed by atoms with van der Waals surface area (Å²) in [5.74, 6) is 3.11. The highest BCUT2D eigenvalue weighted by molar-refractivity contribution is 5.86. The van der Waals surface area contributed by atoms with Crippen molar-refractivity contribution in [3.8, 4) is 12.3 Å². The van der Waals surface area contributed by atoms with Crippen LogP contribution in [0, 0.1) is 18.3 Å². The highest BCUT2D eigenvalue weighted by atomic mass is 16.2. The molecule has 0 saturated carbocycles. The SMILES string of the molecule is C#CC(c1cccc2ccccc12)C(C)/C=C/CO. The number of allylic oxidation sites excluding steroid dienone is 1. The molecule has 2 atom stereocenters. The minimum atomic E-state index is 0.0221. The van der Waals surface area contributed by atoms with Crippen LogP contribution in [0.15, 0.2) is 54.6 Å². The molecule has 0 saturated heterocycles. The fraction of sp³-hybridized carbons (Fsp3) is 0.222. The maximum Gasteiger partial charge on any atom is 0.0612 e. The Balaban J connectivity index is 2.47. The molecule has 0 amide bonds. The van der Waals surface area contributed by atoms with E-state index in [9.17, 15) is 0 Å². The van der Waals surface area contributed by atoms with Gasteiger partial charge in [0.25, 0.3) is 0 Å². The molecule has 0 aliphatic rings. The molecule has 2 unspecified atom stereocenters. The number of rotatable bonds is 4. The van der Waals surface area contributed by atoms with Gasteiger partial charge in [-0.15, -0.1) is 6.42 Å². The maximum absolute atomic E-state index is 8.87. The third-order valence-electron chi connectivity index (χ3n) is 3.41. The summed E-state index contributed by atoms with van der Waals surface area (Å²) in [7, 11) is 0. The van der Waals surface area contributed by atoms with Crippen LogP contribution in [0.1, 0.15) is 18.4 Å². The van der Waals surface area contributed by atoms with Gasteiger partial charge in [0.1, 0.15) is 0 Å². The Kier molecular flexibility index (Phi) is 4.39. The van der Waals surface area contributed by atoms with Crippen molar-refractivity contribution in [2.45, 2.75) is 12.8 Å². The molecular weight excluding hydrogens is 232 g/mol. The molecule has 2 aromatic rings. The van der Waals surface area contributed by atoms with Gasteiger partial charge in [-0.2, -0.15) is 0 Å². The van der Waals surface area contributed by atoms with E-state index in [1.54, 1.807) is 6.08 Å². The van der Waals surface area contributed by atoms with Gasteiger partial charge in [-0.1, -0.05) is 67.5 Å². The maximum atomic E-state index is 8.87. The van der Waals surface area contributed by atoms with Crippen LogP contribution in [-0.2, 0) is 0 Å². The molecule has 0 aromatic heterocycles. The predicted molar refractivity (Wildman–Crippen MR) is 80.9 cm³/mol. The van der Waals surface area contributed by atoms with Crippen LogP contribution in [0.25, 0.3) is 10.8 Å². The monoisotopic (exact) mass is 250 g/mol. The van der Waals surface area contributed by atoms with E-state index in [1.807, 2.05) is 24.3 Å². The van der Waals surface area contributed by atoms with Gasteiger partial charge in [-0.3, -0.25) is 0 Å². The van der Waals surface area contributed by atoms with E-state index in [4.69, 9.17) is 11.5 Å². The van der Waals surface area contributed by atoms with E-state index in [2.05, 4.69) is 37.1 Å². The lowest BCUT2D eigenvalue weighted by molar-refractivity contribution is 0.341. The van der Waals surface area contributed by atoms with Gasteiger partial charge in [0, 0.05) is 0 Å². The van der Waals surface area contributed by atoms with Crippen molar-refractivity contribution < 1.29 is 5.11 Å². The van der Waals surface area contributed by atoms with Crippen molar-refractivity contribution >= 4 is 10.8 Å². The molecule has 1 nitrogen and oxygen atoms in total. The third-order valence-corrected chi connectivity index (χ3v) is 3.41. The van der Waals surface area contributed by atoms with Crippen molar-refractivity contribution in [2.75, 3.05) is 6.61 Å². The van der Waals surface area contributed by atoms with Crippen molar-refractivity contribution in [1.29, 1.82) is 0 Å². The van der Waals surface area contributed by atoms with Crippen molar-refractivity contribution in [3.05, 3.63) is 60.2 Å². The van der Waals surface area contributed by atoms with Crippen LogP contribution in [0.4, 0.5) is 0 Å². The molecule has 1 N–H and O–H groups in total. The van der Waals surface area contributed by atoms with Gasteiger partial charge in [0.2, 0.25) is 0 Å². The molecule has 0 aliphatic heterocycles. The molecule has 96 valence electrons. The Bertz CT molecular complexity index is 614. The van der Waals surface area contributed by atoms with Crippen molar-refractivity contribution in [3.63, 3.8) is 0 Å². The fourth-order valence-electron chi connectivity index (χ4n) is 2.43. The largest absolute Gasteiger partial charge is 0.392 e. The predicted octanol–water partition coefficient (Wildman–Crippen LogP) is 3.74. The van der Waals surface area contributed by atoms with E-state index in [0.717, 1.165) is 0 Å². The molecule has 0 aliphatic carbocycles. The van der Waals surface area contributed by atoms with Crippen LogP contribution in [0.5, 0.6) is 0 Å². The van der Waals surface area contributed by atoms with Crippen molar-refractivity contribution in [1.82, 2.24) is 0 Å².